The molecule has 0 N–H and O–H groups in total. The van der Waals surface area contributed by atoms with Crippen LogP contribution in [0.25, 0.3) is 5.03 Å². The van der Waals surface area contributed by atoms with Crippen LogP contribution in [0.4, 0.5) is 0 Å². The summed E-state index contributed by atoms with van der Waals surface area (Å²) < 4.78 is 4.76. The van der Waals surface area contributed by atoms with E-state index in [-0.39, 0.29) is 10.3 Å². The molecule has 1 heterocycles. The highest BCUT2D eigenvalue weighted by molar-refractivity contribution is 6.50. The van der Waals surface area contributed by atoms with Gasteiger partial charge in [-0.05, 0) is 17.7 Å². The molecule has 0 aromatic carbocycles. The van der Waals surface area contributed by atoms with E-state index in [4.69, 9.17) is 32.9 Å². The van der Waals surface area contributed by atoms with Crippen LogP contribution in [0.1, 0.15) is 5.56 Å². The highest BCUT2D eigenvalue weighted by Gasteiger charge is 2.05. The number of hydrogen-bond acceptors (Lipinski definition) is 2. The zero-order valence-electron chi connectivity index (χ0n) is 5.34. The third-order valence-corrected chi connectivity index (χ3v) is 1.67. The van der Waals surface area contributed by atoms with Gasteiger partial charge in [-0.25, -0.2) is 0 Å². The average molecular weight is 188 g/mol. The summed E-state index contributed by atoms with van der Waals surface area (Å²) in [7, 11) is 0. The molecule has 56 valence electrons. The van der Waals surface area contributed by atoms with E-state index in [1.165, 1.54) is 12.3 Å². The van der Waals surface area contributed by atoms with Crippen LogP contribution in [-0.4, -0.2) is 0 Å². The summed E-state index contributed by atoms with van der Waals surface area (Å²) in [6.07, 6.45) is 2.60. The predicted octanol–water partition coefficient (Wildman–Crippen LogP) is 3.04. The Morgan fingerprint density at radius 3 is 2.91 bits per heavy atom. The minimum atomic E-state index is 0.196. The van der Waals surface area contributed by atoms with E-state index in [1.54, 1.807) is 12.1 Å². The van der Waals surface area contributed by atoms with E-state index >= 15 is 0 Å². The van der Waals surface area contributed by atoms with Gasteiger partial charge in [-0.3, -0.25) is 0 Å². The van der Waals surface area contributed by atoms with Crippen molar-refractivity contribution in [2.24, 2.45) is 0 Å². The highest BCUT2D eigenvalue weighted by Crippen LogP contribution is 2.27. The minimum Gasteiger partial charge on any atom is -0.452 e. The highest BCUT2D eigenvalue weighted by atomic mass is 35.5. The van der Waals surface area contributed by atoms with E-state index in [9.17, 15) is 0 Å². The Morgan fingerprint density at radius 2 is 2.45 bits per heavy atom. The molecule has 1 aromatic rings. The number of halogens is 2. The Balaban J connectivity index is 3.04. The molecule has 0 aliphatic carbocycles. The lowest BCUT2D eigenvalue weighted by atomic mass is 10.3. The van der Waals surface area contributed by atoms with Crippen molar-refractivity contribution in [1.82, 2.24) is 0 Å². The quantitative estimate of drug-likeness (QED) is 0.635. The van der Waals surface area contributed by atoms with E-state index < -0.39 is 0 Å². The van der Waals surface area contributed by atoms with Crippen molar-refractivity contribution in [2.75, 3.05) is 0 Å². The zero-order chi connectivity index (χ0) is 8.27. The summed E-state index contributed by atoms with van der Waals surface area (Å²) in [6, 6.07) is 3.38. The molecular weight excluding hydrogens is 185 g/mol. The van der Waals surface area contributed by atoms with Crippen LogP contribution in [-0.2, 0) is 0 Å². The Bertz CT molecular complexity index is 321. The SMILES string of the molecule is N#C/C=C(/Cl)c1ccoc1Cl. The molecule has 11 heavy (non-hydrogen) atoms. The van der Waals surface area contributed by atoms with E-state index in [0.717, 1.165) is 0 Å². The van der Waals surface area contributed by atoms with Crippen molar-refractivity contribution < 1.29 is 4.42 Å². The number of furan rings is 1. The maximum atomic E-state index is 8.24. The molecule has 0 fully saturated rings. The van der Waals surface area contributed by atoms with E-state index in [1.807, 2.05) is 0 Å². The Hall–Kier alpha value is -0.910. The number of hydrogen-bond donors (Lipinski definition) is 0. The first kappa shape index (κ1) is 8.19. The summed E-state index contributed by atoms with van der Waals surface area (Å²) in [5.74, 6) is 0. The van der Waals surface area contributed by atoms with Crippen molar-refractivity contribution in [3.05, 3.63) is 29.2 Å². The Kier molecular flexibility index (Phi) is 2.58. The van der Waals surface area contributed by atoms with Gasteiger partial charge in [0.15, 0.2) is 0 Å². The molecule has 0 aliphatic rings. The van der Waals surface area contributed by atoms with Gasteiger partial charge in [-0.1, -0.05) is 11.6 Å². The number of nitriles is 1. The maximum absolute atomic E-state index is 8.24. The molecule has 4 heteroatoms. The van der Waals surface area contributed by atoms with Crippen LogP contribution in [0.2, 0.25) is 5.22 Å². The summed E-state index contributed by atoms with van der Waals surface area (Å²) >= 11 is 11.2. The second kappa shape index (κ2) is 3.47. The Labute approximate surface area is 73.6 Å². The standard InChI is InChI=1S/C7H3Cl2NO/c8-6(1-3-10)5-2-4-11-7(5)9/h1-2,4H/b6-1+. The molecule has 0 spiro atoms. The smallest absolute Gasteiger partial charge is 0.201 e. The topological polar surface area (TPSA) is 36.9 Å². The van der Waals surface area contributed by atoms with Crippen LogP contribution in [0.15, 0.2) is 22.8 Å². The van der Waals surface area contributed by atoms with Gasteiger partial charge in [0.1, 0.15) is 0 Å². The fourth-order valence-electron chi connectivity index (χ4n) is 0.599. The molecule has 0 saturated carbocycles. The van der Waals surface area contributed by atoms with Crippen LogP contribution in [0.3, 0.4) is 0 Å². The fourth-order valence-corrected chi connectivity index (χ4v) is 1.06. The van der Waals surface area contributed by atoms with Gasteiger partial charge in [0.25, 0.3) is 0 Å². The van der Waals surface area contributed by atoms with Gasteiger partial charge in [-0.15, -0.1) is 0 Å². The van der Waals surface area contributed by atoms with Crippen molar-refractivity contribution in [1.29, 1.82) is 5.26 Å². The van der Waals surface area contributed by atoms with Crippen molar-refractivity contribution in [2.45, 2.75) is 0 Å². The van der Waals surface area contributed by atoms with Crippen molar-refractivity contribution in [3.63, 3.8) is 0 Å². The molecule has 0 amide bonds. The molecule has 2 nitrogen and oxygen atoms in total. The van der Waals surface area contributed by atoms with Crippen LogP contribution in [0, 0.1) is 11.3 Å². The first-order chi connectivity index (χ1) is 5.25. The van der Waals surface area contributed by atoms with E-state index in [0.29, 0.717) is 5.56 Å². The normalized spacial score (nSPS) is 11.2. The Morgan fingerprint density at radius 1 is 1.73 bits per heavy atom. The lowest BCUT2D eigenvalue weighted by Crippen LogP contribution is -1.70. The molecule has 0 aliphatic heterocycles. The monoisotopic (exact) mass is 187 g/mol. The van der Waals surface area contributed by atoms with Gasteiger partial charge < -0.3 is 4.42 Å². The molecule has 0 saturated heterocycles. The molecular formula is C7H3Cl2NO. The summed E-state index contributed by atoms with van der Waals surface area (Å²) in [6.45, 7) is 0. The van der Waals surface area contributed by atoms with E-state index in [2.05, 4.69) is 0 Å². The molecule has 0 unspecified atom stereocenters. The largest absolute Gasteiger partial charge is 0.452 e. The van der Waals surface area contributed by atoms with Crippen molar-refractivity contribution in [3.8, 4) is 6.07 Å². The number of allylic oxidation sites excluding steroid dienone is 1. The van der Waals surface area contributed by atoms with Crippen LogP contribution >= 0.6 is 23.2 Å². The summed E-state index contributed by atoms with van der Waals surface area (Å²) in [5, 5.41) is 8.72. The number of rotatable bonds is 1. The van der Waals surface area contributed by atoms with Gasteiger partial charge in [0.05, 0.1) is 22.9 Å². The second-order valence-corrected chi connectivity index (χ2v) is 2.48. The predicted molar refractivity (Wildman–Crippen MR) is 43.2 cm³/mol. The lowest BCUT2D eigenvalue weighted by molar-refractivity contribution is 0.569. The molecule has 0 atom stereocenters. The second-order valence-electron chi connectivity index (χ2n) is 1.73. The van der Waals surface area contributed by atoms with Gasteiger partial charge in [-0.2, -0.15) is 5.26 Å². The number of nitrogens with zero attached hydrogens (tertiary/aromatic N) is 1. The molecule has 1 aromatic heterocycles. The molecule has 1 rings (SSSR count). The van der Waals surface area contributed by atoms with Crippen molar-refractivity contribution >= 4 is 28.2 Å². The maximum Gasteiger partial charge on any atom is 0.201 e. The third kappa shape index (κ3) is 1.76. The zero-order valence-corrected chi connectivity index (χ0v) is 6.86. The minimum absolute atomic E-state index is 0.196. The summed E-state index contributed by atoms with van der Waals surface area (Å²) in [5.41, 5.74) is 0.537. The third-order valence-electron chi connectivity index (χ3n) is 1.07. The van der Waals surface area contributed by atoms with Crippen LogP contribution < -0.4 is 0 Å². The first-order valence-electron chi connectivity index (χ1n) is 2.74. The van der Waals surface area contributed by atoms with Gasteiger partial charge in [0, 0.05) is 6.08 Å². The first-order valence-corrected chi connectivity index (χ1v) is 3.50. The fraction of sp³-hybridized carbons (Fsp3) is 0. The van der Waals surface area contributed by atoms with Gasteiger partial charge >= 0.3 is 0 Å². The summed E-state index contributed by atoms with van der Waals surface area (Å²) in [4.78, 5) is 0. The molecule has 0 bridgehead atoms. The molecule has 0 radical (unpaired) electrons. The lowest BCUT2D eigenvalue weighted by Gasteiger charge is -1.89. The average Bonchev–Trinajstić information content (AvgIpc) is 2.36. The van der Waals surface area contributed by atoms with Gasteiger partial charge in [0.2, 0.25) is 5.22 Å². The van der Waals surface area contributed by atoms with Crippen LogP contribution in [0.5, 0.6) is 0 Å².